The fourth-order valence-electron chi connectivity index (χ4n) is 3.14. The monoisotopic (exact) mass is 319 g/mol. The van der Waals surface area contributed by atoms with Gasteiger partial charge in [-0.05, 0) is 62.1 Å². The molecular weight excluding hydrogens is 298 g/mol. The molecule has 0 spiro atoms. The van der Waals surface area contributed by atoms with Crippen molar-refractivity contribution in [1.29, 1.82) is 0 Å². The number of oxazole rings is 1. The Morgan fingerprint density at radius 1 is 1.04 bits per heavy atom. The summed E-state index contributed by atoms with van der Waals surface area (Å²) in [4.78, 5) is 9.25. The summed E-state index contributed by atoms with van der Waals surface area (Å²) in [5, 5.41) is 0. The van der Waals surface area contributed by atoms with Crippen molar-refractivity contribution in [2.75, 3.05) is 0 Å². The molecular formula is C20H21N3O. The number of imidazole rings is 1. The molecule has 4 rings (SSSR count). The number of rotatable bonds is 4. The van der Waals surface area contributed by atoms with E-state index in [9.17, 15) is 0 Å². The van der Waals surface area contributed by atoms with E-state index in [4.69, 9.17) is 9.40 Å². The molecule has 0 aliphatic carbocycles. The Morgan fingerprint density at radius 3 is 2.75 bits per heavy atom. The van der Waals surface area contributed by atoms with Crippen molar-refractivity contribution in [2.24, 2.45) is 0 Å². The maximum Gasteiger partial charge on any atom is 0.195 e. The molecule has 4 nitrogen and oxygen atoms in total. The van der Waals surface area contributed by atoms with E-state index in [1.807, 2.05) is 6.07 Å². The van der Waals surface area contributed by atoms with Gasteiger partial charge in [0.15, 0.2) is 11.5 Å². The summed E-state index contributed by atoms with van der Waals surface area (Å²) in [5.74, 6) is 0.800. The Kier molecular flexibility index (Phi) is 3.60. The van der Waals surface area contributed by atoms with E-state index in [-0.39, 0.29) is 0 Å². The average Bonchev–Trinajstić information content (AvgIpc) is 3.13. The SMILES string of the molecule is CCc1nc2ccc(CCc3nc4cc(C)ccn4c3C)cc2o1. The molecule has 0 saturated carbocycles. The van der Waals surface area contributed by atoms with Crippen molar-refractivity contribution in [3.8, 4) is 0 Å². The number of benzene rings is 1. The van der Waals surface area contributed by atoms with Crippen LogP contribution in [-0.2, 0) is 19.3 Å². The maximum absolute atomic E-state index is 5.76. The van der Waals surface area contributed by atoms with Crippen molar-refractivity contribution < 1.29 is 4.42 Å². The number of aromatic nitrogens is 3. The van der Waals surface area contributed by atoms with Crippen LogP contribution in [0, 0.1) is 13.8 Å². The van der Waals surface area contributed by atoms with E-state index in [0.29, 0.717) is 0 Å². The third-order valence-corrected chi connectivity index (χ3v) is 4.57. The lowest BCUT2D eigenvalue weighted by atomic mass is 10.1. The molecule has 3 heterocycles. The standard InChI is InChI=1S/C20H21N3O/c1-4-20-22-17-8-6-15(12-18(17)24-20)5-7-16-14(3)23-10-9-13(2)11-19(23)21-16/h6,8-12H,4-5,7H2,1-3H3. The average molecular weight is 319 g/mol. The Bertz CT molecular complexity index is 1030. The van der Waals surface area contributed by atoms with Crippen LogP contribution in [0.3, 0.4) is 0 Å². The van der Waals surface area contributed by atoms with E-state index >= 15 is 0 Å². The van der Waals surface area contributed by atoms with Gasteiger partial charge in [-0.3, -0.25) is 0 Å². The van der Waals surface area contributed by atoms with Crippen LogP contribution in [-0.4, -0.2) is 14.4 Å². The zero-order chi connectivity index (χ0) is 16.7. The highest BCUT2D eigenvalue weighted by atomic mass is 16.3. The second-order valence-corrected chi connectivity index (χ2v) is 6.34. The van der Waals surface area contributed by atoms with Crippen LogP contribution in [0.25, 0.3) is 16.7 Å². The Labute approximate surface area is 141 Å². The number of fused-ring (bicyclic) bond motifs is 2. The van der Waals surface area contributed by atoms with Gasteiger partial charge in [-0.2, -0.15) is 0 Å². The van der Waals surface area contributed by atoms with Crippen molar-refractivity contribution in [2.45, 2.75) is 40.0 Å². The molecule has 0 aliphatic heterocycles. The van der Waals surface area contributed by atoms with Crippen molar-refractivity contribution in [3.05, 3.63) is 64.9 Å². The number of nitrogens with zero attached hydrogens (tertiary/aromatic N) is 3. The summed E-state index contributed by atoms with van der Waals surface area (Å²) in [6, 6.07) is 10.5. The second-order valence-electron chi connectivity index (χ2n) is 6.34. The number of hydrogen-bond donors (Lipinski definition) is 0. The van der Waals surface area contributed by atoms with Gasteiger partial charge in [-0.25, -0.2) is 9.97 Å². The molecule has 1 aromatic carbocycles. The van der Waals surface area contributed by atoms with Crippen molar-refractivity contribution in [3.63, 3.8) is 0 Å². The van der Waals surface area contributed by atoms with Gasteiger partial charge in [-0.15, -0.1) is 0 Å². The van der Waals surface area contributed by atoms with Crippen LogP contribution in [0.5, 0.6) is 0 Å². The van der Waals surface area contributed by atoms with Crippen LogP contribution in [0.4, 0.5) is 0 Å². The highest BCUT2D eigenvalue weighted by molar-refractivity contribution is 5.73. The molecule has 4 aromatic rings. The largest absolute Gasteiger partial charge is 0.441 e. The van der Waals surface area contributed by atoms with Crippen LogP contribution < -0.4 is 0 Å². The molecule has 0 bridgehead atoms. The Hall–Kier alpha value is -2.62. The molecule has 0 radical (unpaired) electrons. The highest BCUT2D eigenvalue weighted by Gasteiger charge is 2.10. The molecule has 0 saturated heterocycles. The lowest BCUT2D eigenvalue weighted by molar-refractivity contribution is 0.537. The summed E-state index contributed by atoms with van der Waals surface area (Å²) in [6.07, 6.45) is 4.79. The fraction of sp³-hybridized carbons (Fsp3) is 0.300. The molecule has 4 heteroatoms. The molecule has 0 atom stereocenters. The topological polar surface area (TPSA) is 43.3 Å². The number of pyridine rings is 1. The Morgan fingerprint density at radius 2 is 1.92 bits per heavy atom. The summed E-state index contributed by atoms with van der Waals surface area (Å²) in [7, 11) is 0. The third kappa shape index (κ3) is 2.58. The highest BCUT2D eigenvalue weighted by Crippen LogP contribution is 2.20. The van der Waals surface area contributed by atoms with Gasteiger partial charge in [0, 0.05) is 18.3 Å². The van der Waals surface area contributed by atoms with Gasteiger partial charge in [0.2, 0.25) is 0 Å². The van der Waals surface area contributed by atoms with E-state index in [2.05, 4.69) is 60.6 Å². The lowest BCUT2D eigenvalue weighted by Gasteiger charge is -2.01. The summed E-state index contributed by atoms with van der Waals surface area (Å²) >= 11 is 0. The van der Waals surface area contributed by atoms with Crippen LogP contribution in [0.2, 0.25) is 0 Å². The summed E-state index contributed by atoms with van der Waals surface area (Å²) < 4.78 is 7.93. The number of aryl methyl sites for hydroxylation is 5. The van der Waals surface area contributed by atoms with Gasteiger partial charge in [-0.1, -0.05) is 13.0 Å². The Balaban J connectivity index is 1.59. The van der Waals surface area contributed by atoms with Gasteiger partial charge in [0.25, 0.3) is 0 Å². The van der Waals surface area contributed by atoms with E-state index in [1.54, 1.807) is 0 Å². The predicted octanol–water partition coefficient (Wildman–Crippen LogP) is 4.44. The minimum absolute atomic E-state index is 0.800. The first-order chi connectivity index (χ1) is 11.6. The third-order valence-electron chi connectivity index (χ3n) is 4.57. The zero-order valence-electron chi connectivity index (χ0n) is 14.3. The van der Waals surface area contributed by atoms with E-state index in [1.165, 1.54) is 16.8 Å². The van der Waals surface area contributed by atoms with E-state index in [0.717, 1.165) is 47.6 Å². The molecule has 24 heavy (non-hydrogen) atoms. The minimum atomic E-state index is 0.800. The minimum Gasteiger partial charge on any atom is -0.441 e. The zero-order valence-corrected chi connectivity index (χ0v) is 14.3. The maximum atomic E-state index is 5.76. The second kappa shape index (κ2) is 5.78. The first kappa shape index (κ1) is 14.9. The first-order valence-electron chi connectivity index (χ1n) is 8.46. The van der Waals surface area contributed by atoms with Crippen LogP contribution in [0.1, 0.15) is 35.3 Å². The van der Waals surface area contributed by atoms with E-state index < -0.39 is 0 Å². The summed E-state index contributed by atoms with van der Waals surface area (Å²) in [5.41, 5.74) is 7.73. The molecule has 0 unspecified atom stereocenters. The van der Waals surface area contributed by atoms with Gasteiger partial charge >= 0.3 is 0 Å². The summed E-state index contributed by atoms with van der Waals surface area (Å²) in [6.45, 7) is 6.29. The van der Waals surface area contributed by atoms with Gasteiger partial charge in [0.1, 0.15) is 11.2 Å². The van der Waals surface area contributed by atoms with Crippen molar-refractivity contribution >= 4 is 16.7 Å². The predicted molar refractivity (Wildman–Crippen MR) is 95.5 cm³/mol. The van der Waals surface area contributed by atoms with Gasteiger partial charge in [0.05, 0.1) is 5.69 Å². The molecule has 0 amide bonds. The molecule has 0 N–H and O–H groups in total. The van der Waals surface area contributed by atoms with Crippen LogP contribution in [0.15, 0.2) is 40.9 Å². The van der Waals surface area contributed by atoms with Gasteiger partial charge < -0.3 is 8.82 Å². The van der Waals surface area contributed by atoms with Crippen molar-refractivity contribution in [1.82, 2.24) is 14.4 Å². The smallest absolute Gasteiger partial charge is 0.195 e. The lowest BCUT2D eigenvalue weighted by Crippen LogP contribution is -1.94. The fourth-order valence-corrected chi connectivity index (χ4v) is 3.14. The quantitative estimate of drug-likeness (QED) is 0.558. The van der Waals surface area contributed by atoms with Crippen LogP contribution >= 0.6 is 0 Å². The normalized spacial score (nSPS) is 11.6. The molecule has 0 aliphatic rings. The molecule has 122 valence electrons. The first-order valence-corrected chi connectivity index (χ1v) is 8.46. The molecule has 0 fully saturated rings. The molecule has 3 aromatic heterocycles. The number of hydrogen-bond acceptors (Lipinski definition) is 3.